The average Bonchev–Trinajstić information content (AvgIpc) is 3.19. The van der Waals surface area contributed by atoms with Crippen molar-refractivity contribution >= 4 is 16.4 Å². The lowest BCUT2D eigenvalue weighted by Crippen LogP contribution is -2.60. The number of hydrogen-bond acceptors (Lipinski definition) is 11. The monoisotopic (exact) mass is 841 g/mol. The number of rotatable bonds is 36. The third-order valence-electron chi connectivity index (χ3n) is 9.34. The maximum absolute atomic E-state index is 12.8. The minimum absolute atomic E-state index is 0.0154. The van der Waals surface area contributed by atoms with Gasteiger partial charge in [-0.3, -0.25) is 9.35 Å². The van der Waals surface area contributed by atoms with E-state index >= 15 is 0 Å². The Labute approximate surface area is 350 Å². The molecule has 12 nitrogen and oxygen atoms in total. The lowest BCUT2D eigenvalue weighted by molar-refractivity contribution is -0.301. The molecule has 6 unspecified atom stereocenters. The second-order valence-corrected chi connectivity index (χ2v) is 15.6. The Balaban J connectivity index is 2.47. The highest BCUT2D eigenvalue weighted by atomic mass is 32.3. The van der Waals surface area contributed by atoms with Gasteiger partial charge in [-0.15, -0.1) is 0 Å². The van der Waals surface area contributed by atoms with Crippen LogP contribution in [0.4, 0.5) is 0 Å². The zero-order valence-corrected chi connectivity index (χ0v) is 36.1. The van der Waals surface area contributed by atoms with Crippen molar-refractivity contribution in [3.05, 3.63) is 72.9 Å². The topological polar surface area (TPSA) is 178 Å². The summed E-state index contributed by atoms with van der Waals surface area (Å²) >= 11 is 0. The number of hydrogen-bond donors (Lipinski definition) is 4. The standard InChI is InChI=1S/C45H76O12S/c1-3-5-7-9-11-13-15-16-17-18-19-20-21-22-23-24-25-26-28-30-32-34-41(47)55-39(37-53-35-33-31-29-27-14-12-10-8-6-4-2)38-54-45-43(49)44(57-58(50,51)52)42(48)40(36-46)56-45/h5,7,11,13,16-17,19-20,22-23,25-26,39-40,42-46,48-49H,3-4,6,8-10,12,14-15,18,21,24,27-38H2,1-2H3,(H,50,51,52)/b7-5-,13-11-,17-16-,20-19-,23-22-,26-25-. The number of carbonyl (C=O) groups excluding carboxylic acids is 1. The van der Waals surface area contributed by atoms with Gasteiger partial charge in [0.05, 0.1) is 19.8 Å². The summed E-state index contributed by atoms with van der Waals surface area (Å²) in [5, 5.41) is 30.6. The summed E-state index contributed by atoms with van der Waals surface area (Å²) in [6, 6.07) is 0. The van der Waals surface area contributed by atoms with Crippen LogP contribution in [0.15, 0.2) is 72.9 Å². The molecular formula is C45H76O12S. The summed E-state index contributed by atoms with van der Waals surface area (Å²) in [6.07, 6.45) is 36.6. The summed E-state index contributed by atoms with van der Waals surface area (Å²) in [5.41, 5.74) is 0. The van der Waals surface area contributed by atoms with E-state index in [1.165, 1.54) is 44.9 Å². The summed E-state index contributed by atoms with van der Waals surface area (Å²) in [5.74, 6) is -0.444. The molecule has 4 N–H and O–H groups in total. The van der Waals surface area contributed by atoms with Gasteiger partial charge in [-0.25, -0.2) is 4.18 Å². The number of aliphatic hydroxyl groups is 3. The molecule has 0 spiro atoms. The number of esters is 1. The number of aliphatic hydroxyl groups excluding tert-OH is 3. The van der Waals surface area contributed by atoms with Crippen LogP contribution in [0.2, 0.25) is 0 Å². The summed E-state index contributed by atoms with van der Waals surface area (Å²) < 4.78 is 58.8. The molecule has 58 heavy (non-hydrogen) atoms. The lowest BCUT2D eigenvalue weighted by atomic mass is 9.99. The van der Waals surface area contributed by atoms with Crippen LogP contribution in [0.25, 0.3) is 0 Å². The average molecular weight is 841 g/mol. The fraction of sp³-hybridized carbons (Fsp3) is 0.711. The Morgan fingerprint density at radius 3 is 1.71 bits per heavy atom. The molecule has 0 aromatic rings. The van der Waals surface area contributed by atoms with Crippen LogP contribution >= 0.6 is 0 Å². The third-order valence-corrected chi connectivity index (χ3v) is 9.81. The maximum atomic E-state index is 12.8. The van der Waals surface area contributed by atoms with Gasteiger partial charge in [0.1, 0.15) is 30.5 Å². The molecule has 1 heterocycles. The van der Waals surface area contributed by atoms with E-state index < -0.39 is 59.8 Å². The van der Waals surface area contributed by atoms with Crippen molar-refractivity contribution in [2.24, 2.45) is 0 Å². The normalized spacial score (nSPS) is 21.2. The molecular weight excluding hydrogens is 765 g/mol. The molecule has 0 amide bonds. The number of carbonyl (C=O) groups is 1. The summed E-state index contributed by atoms with van der Waals surface area (Å²) in [7, 11) is -5.07. The summed E-state index contributed by atoms with van der Waals surface area (Å²) in [4.78, 5) is 12.8. The Bertz CT molecular complexity index is 1290. The van der Waals surface area contributed by atoms with Crippen molar-refractivity contribution < 1.29 is 56.2 Å². The van der Waals surface area contributed by atoms with E-state index in [9.17, 15) is 28.5 Å². The molecule has 6 atom stereocenters. The van der Waals surface area contributed by atoms with Crippen LogP contribution in [0, 0.1) is 0 Å². The van der Waals surface area contributed by atoms with Crippen molar-refractivity contribution in [3.8, 4) is 0 Å². The Morgan fingerprint density at radius 2 is 1.19 bits per heavy atom. The first-order valence-electron chi connectivity index (χ1n) is 21.7. The summed E-state index contributed by atoms with van der Waals surface area (Å²) in [6.45, 7) is 3.78. The van der Waals surface area contributed by atoms with Crippen LogP contribution in [0.5, 0.6) is 0 Å². The quantitative estimate of drug-likeness (QED) is 0.0204. The molecule has 0 saturated carbocycles. The van der Waals surface area contributed by atoms with Crippen molar-refractivity contribution in [2.45, 2.75) is 179 Å². The highest BCUT2D eigenvalue weighted by molar-refractivity contribution is 7.80. The highest BCUT2D eigenvalue weighted by Gasteiger charge is 2.48. The smallest absolute Gasteiger partial charge is 0.397 e. The fourth-order valence-electron chi connectivity index (χ4n) is 6.09. The first-order valence-corrected chi connectivity index (χ1v) is 23.1. The molecule has 13 heteroatoms. The van der Waals surface area contributed by atoms with Gasteiger partial charge < -0.3 is 34.3 Å². The van der Waals surface area contributed by atoms with Gasteiger partial charge in [-0.1, -0.05) is 145 Å². The zero-order chi connectivity index (χ0) is 42.5. The van der Waals surface area contributed by atoms with E-state index in [2.05, 4.69) is 90.9 Å². The predicted octanol–water partition coefficient (Wildman–Crippen LogP) is 8.74. The first kappa shape index (κ1) is 53.6. The first-order chi connectivity index (χ1) is 28.1. The van der Waals surface area contributed by atoms with Gasteiger partial charge in [0.25, 0.3) is 0 Å². The Kier molecular flexibility index (Phi) is 33.6. The van der Waals surface area contributed by atoms with Gasteiger partial charge in [0.2, 0.25) is 0 Å². The van der Waals surface area contributed by atoms with Crippen molar-refractivity contribution in [1.29, 1.82) is 0 Å². The van der Waals surface area contributed by atoms with E-state index in [0.717, 1.165) is 70.6 Å². The van der Waals surface area contributed by atoms with Gasteiger partial charge in [-0.2, -0.15) is 8.42 Å². The SMILES string of the molecule is CC/C=C\C/C=C\C/C=C\C/C=C\C/C=C\C/C=C\CCCCC(=O)OC(COCCCCCCCCCCCC)COC1OC(CO)C(O)C(OS(=O)(=O)O)C1O. The molecule has 0 bridgehead atoms. The van der Waals surface area contributed by atoms with Crippen LogP contribution < -0.4 is 0 Å². The minimum Gasteiger partial charge on any atom is -0.457 e. The molecule has 0 aromatic carbocycles. The van der Waals surface area contributed by atoms with Crippen molar-refractivity contribution in [2.75, 3.05) is 26.4 Å². The molecule has 0 radical (unpaired) electrons. The molecule has 0 aliphatic carbocycles. The predicted molar refractivity (Wildman–Crippen MR) is 229 cm³/mol. The second-order valence-electron chi connectivity index (χ2n) is 14.6. The third kappa shape index (κ3) is 29.7. The Morgan fingerprint density at radius 1 is 0.672 bits per heavy atom. The highest BCUT2D eigenvalue weighted by Crippen LogP contribution is 2.26. The molecule has 1 saturated heterocycles. The van der Waals surface area contributed by atoms with E-state index in [1.54, 1.807) is 0 Å². The van der Waals surface area contributed by atoms with E-state index in [4.69, 9.17) is 23.5 Å². The largest absolute Gasteiger partial charge is 0.457 e. The molecule has 1 aliphatic rings. The number of unbranched alkanes of at least 4 members (excludes halogenated alkanes) is 11. The van der Waals surface area contributed by atoms with E-state index in [1.807, 2.05) is 0 Å². The maximum Gasteiger partial charge on any atom is 0.397 e. The van der Waals surface area contributed by atoms with Crippen LogP contribution in [-0.2, 0) is 38.3 Å². The van der Waals surface area contributed by atoms with Crippen molar-refractivity contribution in [3.63, 3.8) is 0 Å². The molecule has 334 valence electrons. The second kappa shape index (κ2) is 36.4. The lowest BCUT2D eigenvalue weighted by Gasteiger charge is -2.41. The molecule has 0 aromatic heterocycles. The van der Waals surface area contributed by atoms with Gasteiger partial charge in [0.15, 0.2) is 6.29 Å². The molecule has 1 aliphatic heterocycles. The van der Waals surface area contributed by atoms with Crippen LogP contribution in [0.1, 0.15) is 142 Å². The molecule has 1 fully saturated rings. The number of allylic oxidation sites excluding steroid dienone is 12. The molecule has 1 rings (SSSR count). The van der Waals surface area contributed by atoms with Crippen molar-refractivity contribution in [1.82, 2.24) is 0 Å². The van der Waals surface area contributed by atoms with Crippen LogP contribution in [-0.4, -0.2) is 97.5 Å². The minimum atomic E-state index is -5.07. The number of ether oxygens (including phenoxy) is 4. The van der Waals surface area contributed by atoms with E-state index in [0.29, 0.717) is 13.0 Å². The fourth-order valence-corrected chi connectivity index (χ4v) is 6.59. The zero-order valence-electron chi connectivity index (χ0n) is 35.3. The van der Waals surface area contributed by atoms with E-state index in [-0.39, 0.29) is 19.6 Å². The Hall–Kier alpha value is -2.46. The van der Waals surface area contributed by atoms with Crippen LogP contribution in [0.3, 0.4) is 0 Å². The van der Waals surface area contributed by atoms with Gasteiger partial charge >= 0.3 is 16.4 Å². The van der Waals surface area contributed by atoms with Gasteiger partial charge in [0, 0.05) is 13.0 Å². The van der Waals surface area contributed by atoms with Gasteiger partial charge in [-0.05, 0) is 64.2 Å².